The molecule has 1 aromatic heterocycles. The summed E-state index contributed by atoms with van der Waals surface area (Å²) in [5.74, 6) is 1.72. The molecule has 0 bridgehead atoms. The van der Waals surface area contributed by atoms with Crippen LogP contribution in [-0.4, -0.2) is 11.3 Å². The van der Waals surface area contributed by atoms with Gasteiger partial charge in [-0.05, 0) is 147 Å². The third-order valence-corrected chi connectivity index (χ3v) is 17.8. The Kier molecular flexibility index (Phi) is 10.6. The first-order chi connectivity index (χ1) is 39.9. The average Bonchev–Trinajstić information content (AvgIpc) is 1.82. The van der Waals surface area contributed by atoms with E-state index in [4.69, 9.17) is 4.74 Å². The maximum absolute atomic E-state index is 7.59. The van der Waals surface area contributed by atoms with Crippen molar-refractivity contribution in [3.8, 4) is 61.7 Å². The third kappa shape index (κ3) is 7.44. The van der Waals surface area contributed by atoms with E-state index in [-0.39, 0.29) is 17.5 Å². The van der Waals surface area contributed by atoms with Crippen LogP contribution in [0.2, 0.25) is 0 Å². The molecule has 0 spiro atoms. The number of hydrogen-bond donors (Lipinski definition) is 0. The first kappa shape index (κ1) is 48.3. The van der Waals surface area contributed by atoms with Gasteiger partial charge in [-0.1, -0.05) is 242 Å². The van der Waals surface area contributed by atoms with Crippen molar-refractivity contribution >= 4 is 94.3 Å². The predicted octanol–water partition coefficient (Wildman–Crippen LogP) is 19.3. The molecule has 16 rings (SSSR count). The summed E-state index contributed by atoms with van der Waals surface area (Å²) in [6.07, 6.45) is 0. The summed E-state index contributed by atoms with van der Waals surface area (Å²) < 4.78 is 10.0. The van der Waals surface area contributed by atoms with Crippen molar-refractivity contribution in [3.05, 3.63) is 260 Å². The Hall–Kier alpha value is -9.64. The number of fused-ring (bicyclic) bond motifs is 7. The highest BCUT2D eigenvalue weighted by Crippen LogP contribution is 2.51. The Bertz CT molecular complexity index is 4800. The summed E-state index contributed by atoms with van der Waals surface area (Å²) >= 11 is 0. The molecule has 0 aliphatic carbocycles. The van der Waals surface area contributed by atoms with Gasteiger partial charge >= 0.3 is 0 Å². The maximum Gasteiger partial charge on any atom is 0.256 e. The molecule has 3 heterocycles. The van der Waals surface area contributed by atoms with Crippen molar-refractivity contribution in [2.45, 2.75) is 52.4 Å². The largest absolute Gasteiger partial charge is 0.458 e. The van der Waals surface area contributed by atoms with Crippen LogP contribution < -0.4 is 26.0 Å². The van der Waals surface area contributed by atoms with E-state index in [1.165, 1.54) is 81.9 Å². The van der Waals surface area contributed by atoms with Gasteiger partial charge in [0.1, 0.15) is 11.5 Å². The molecule has 0 unspecified atom stereocenters. The number of anilines is 3. The van der Waals surface area contributed by atoms with Crippen molar-refractivity contribution in [1.82, 2.24) is 4.57 Å². The quantitative estimate of drug-likeness (QED) is 0.122. The molecule has 0 saturated heterocycles. The first-order valence-electron chi connectivity index (χ1n) is 28.9. The summed E-state index contributed by atoms with van der Waals surface area (Å²) in [7, 11) is 0. The average molecular weight is 1050 g/mol. The van der Waals surface area contributed by atoms with Crippen LogP contribution in [0.4, 0.5) is 17.1 Å². The highest BCUT2D eigenvalue weighted by molar-refractivity contribution is 6.99. The van der Waals surface area contributed by atoms with Crippen LogP contribution in [-0.2, 0) is 10.8 Å². The van der Waals surface area contributed by atoms with Crippen LogP contribution in [0.1, 0.15) is 52.7 Å². The molecular formula is C78H59BN2O. The van der Waals surface area contributed by atoms with Gasteiger partial charge < -0.3 is 14.2 Å². The van der Waals surface area contributed by atoms with Crippen molar-refractivity contribution in [1.29, 1.82) is 0 Å². The van der Waals surface area contributed by atoms with E-state index in [2.05, 4.69) is 300 Å². The van der Waals surface area contributed by atoms with Crippen molar-refractivity contribution in [2.75, 3.05) is 4.90 Å². The molecular weight excluding hydrogens is 992 g/mol. The number of benzene rings is 13. The summed E-state index contributed by atoms with van der Waals surface area (Å²) in [6, 6.07) is 93.2. The second-order valence-corrected chi connectivity index (χ2v) is 24.9. The maximum atomic E-state index is 7.59. The molecule has 2 aliphatic heterocycles. The zero-order valence-electron chi connectivity index (χ0n) is 47.1. The standard InChI is InChI=1S/C78H59BN2O/c1-77(2,3)56-39-53-33-34-54-40-57(78(4,5)6)45-64-63(42-55(41-56)73(53)74(54)64)52-36-38-71-66(44-52)79-65-43-51(48-21-10-7-11-22-48)35-37-69(65)81(76-59(49-23-12-8-13-24-49)29-20-30-60(76)50-25-14-9-15-26-50)70-46-58(47-72(82-71)75(70)79)80-67-31-18-16-27-61(67)62-28-17-19-32-68(62)80/h7-47H,1-6H3. The monoisotopic (exact) mass is 1050 g/mol. The van der Waals surface area contributed by atoms with E-state index < -0.39 is 0 Å². The summed E-state index contributed by atoms with van der Waals surface area (Å²) in [4.78, 5) is 2.59. The smallest absolute Gasteiger partial charge is 0.256 e. The van der Waals surface area contributed by atoms with E-state index in [1.807, 2.05) is 0 Å². The molecule has 0 atom stereocenters. The second-order valence-electron chi connectivity index (χ2n) is 24.9. The van der Waals surface area contributed by atoms with Gasteiger partial charge in [-0.25, -0.2) is 0 Å². The summed E-state index contributed by atoms with van der Waals surface area (Å²) in [5.41, 5.74) is 22.1. The molecule has 82 heavy (non-hydrogen) atoms. The van der Waals surface area contributed by atoms with Crippen molar-refractivity contribution in [3.63, 3.8) is 0 Å². The molecule has 0 amide bonds. The Morgan fingerprint density at radius 3 is 1.54 bits per heavy atom. The molecule has 2 aliphatic rings. The Balaban J connectivity index is 1.02. The van der Waals surface area contributed by atoms with Gasteiger partial charge in [0, 0.05) is 39.3 Å². The predicted molar refractivity (Wildman–Crippen MR) is 349 cm³/mol. The van der Waals surface area contributed by atoms with Gasteiger partial charge in [0.2, 0.25) is 0 Å². The molecule has 0 fully saturated rings. The molecule has 14 aromatic rings. The van der Waals surface area contributed by atoms with Gasteiger partial charge in [0.25, 0.3) is 6.71 Å². The van der Waals surface area contributed by atoms with Crippen molar-refractivity contribution < 1.29 is 4.74 Å². The first-order valence-corrected chi connectivity index (χ1v) is 28.9. The van der Waals surface area contributed by atoms with E-state index in [0.717, 1.165) is 78.5 Å². The van der Waals surface area contributed by atoms with Crippen LogP contribution in [0, 0.1) is 0 Å². The minimum absolute atomic E-state index is 0.0238. The highest BCUT2D eigenvalue weighted by Gasteiger charge is 2.44. The summed E-state index contributed by atoms with van der Waals surface area (Å²) in [6.45, 7) is 13.8. The van der Waals surface area contributed by atoms with Gasteiger partial charge in [-0.15, -0.1) is 0 Å². The molecule has 3 nitrogen and oxygen atoms in total. The number of hydrogen-bond acceptors (Lipinski definition) is 2. The molecule has 0 saturated carbocycles. The topological polar surface area (TPSA) is 17.4 Å². The Morgan fingerprint density at radius 2 is 0.902 bits per heavy atom. The van der Waals surface area contributed by atoms with Crippen LogP contribution in [0.25, 0.3) is 104 Å². The summed E-state index contributed by atoms with van der Waals surface area (Å²) in [5, 5.41) is 10.2. The lowest BCUT2D eigenvalue weighted by Gasteiger charge is -2.42. The normalized spacial score (nSPS) is 13.0. The fourth-order valence-electron chi connectivity index (χ4n) is 13.8. The lowest BCUT2D eigenvalue weighted by atomic mass is 9.34. The lowest BCUT2D eigenvalue weighted by Crippen LogP contribution is -2.59. The number of nitrogens with zero attached hydrogens (tertiary/aromatic N) is 2. The molecule has 13 aromatic carbocycles. The van der Waals surface area contributed by atoms with Gasteiger partial charge in [0.15, 0.2) is 0 Å². The Morgan fingerprint density at radius 1 is 0.354 bits per heavy atom. The van der Waals surface area contributed by atoms with Crippen LogP contribution in [0.3, 0.4) is 0 Å². The third-order valence-electron chi connectivity index (χ3n) is 17.8. The van der Waals surface area contributed by atoms with Crippen LogP contribution in [0.5, 0.6) is 11.5 Å². The van der Waals surface area contributed by atoms with Gasteiger partial charge in [-0.3, -0.25) is 0 Å². The minimum Gasteiger partial charge on any atom is -0.458 e. The number of para-hydroxylation sites is 3. The van der Waals surface area contributed by atoms with Crippen molar-refractivity contribution in [2.24, 2.45) is 0 Å². The van der Waals surface area contributed by atoms with E-state index in [1.54, 1.807) is 0 Å². The van der Waals surface area contributed by atoms with Crippen LogP contribution >= 0.6 is 0 Å². The van der Waals surface area contributed by atoms with E-state index in [9.17, 15) is 0 Å². The number of rotatable bonds is 6. The van der Waals surface area contributed by atoms with Crippen LogP contribution in [0.15, 0.2) is 249 Å². The number of aromatic nitrogens is 1. The SMILES string of the molecule is CC(C)(C)c1cc2ccc3cc(C(C)(C)C)cc4c(-c5ccc6c(c5)B5c7cc(-c8ccccc8)ccc7N(c7c(-c8ccccc8)cccc7-c7ccccc7)c7cc(-n8c9ccccc9c9ccccc98)cc(c75)O6)cc(c1)c2c34. The van der Waals surface area contributed by atoms with E-state index in [0.29, 0.717) is 0 Å². The Labute approximate surface area is 479 Å². The second kappa shape index (κ2) is 17.9. The van der Waals surface area contributed by atoms with Gasteiger partial charge in [-0.2, -0.15) is 0 Å². The number of ether oxygens (including phenoxy) is 1. The molecule has 0 N–H and O–H groups in total. The molecule has 0 radical (unpaired) electrons. The fraction of sp³-hybridized carbons (Fsp3) is 0.103. The zero-order chi connectivity index (χ0) is 55.2. The van der Waals surface area contributed by atoms with Gasteiger partial charge in [0.05, 0.1) is 22.4 Å². The lowest BCUT2D eigenvalue weighted by molar-refractivity contribution is 0.487. The molecule has 390 valence electrons. The minimum atomic E-state index is -0.201. The zero-order valence-corrected chi connectivity index (χ0v) is 47.1. The fourth-order valence-corrected chi connectivity index (χ4v) is 13.8. The molecule has 4 heteroatoms. The highest BCUT2D eigenvalue weighted by atomic mass is 16.5. The van der Waals surface area contributed by atoms with E-state index >= 15 is 0 Å².